The van der Waals surface area contributed by atoms with Crippen LogP contribution >= 0.6 is 0 Å². The highest BCUT2D eigenvalue weighted by Gasteiger charge is 2.19. The minimum absolute atomic E-state index is 0.0127. The zero-order valence-corrected chi connectivity index (χ0v) is 15.5. The largest absolute Gasteiger partial charge is 0.368 e. The van der Waals surface area contributed by atoms with Crippen LogP contribution in [0.25, 0.3) is 5.69 Å². The summed E-state index contributed by atoms with van der Waals surface area (Å²) in [6, 6.07) is 8.12. The van der Waals surface area contributed by atoms with Gasteiger partial charge >= 0.3 is 0 Å². The van der Waals surface area contributed by atoms with Gasteiger partial charge in [-0.05, 0) is 36.8 Å². The van der Waals surface area contributed by atoms with Crippen LogP contribution in [0.4, 0.5) is 17.5 Å². The second-order valence-electron chi connectivity index (χ2n) is 6.13. The average Bonchev–Trinajstić information content (AvgIpc) is 3.20. The molecule has 0 aliphatic carbocycles. The molecule has 1 atom stereocenters. The monoisotopic (exact) mass is 396 g/mol. The molecule has 29 heavy (non-hydrogen) atoms. The summed E-state index contributed by atoms with van der Waals surface area (Å²) >= 11 is 0. The first-order valence-corrected chi connectivity index (χ1v) is 8.76. The average molecular weight is 396 g/mol. The highest BCUT2D eigenvalue weighted by molar-refractivity contribution is 5.98. The number of H-pyrrole nitrogens is 1. The molecule has 0 saturated carbocycles. The first-order chi connectivity index (χ1) is 13.9. The van der Waals surface area contributed by atoms with Crippen molar-refractivity contribution < 1.29 is 9.59 Å². The molecule has 7 N–H and O–H groups in total. The molecule has 3 aromatic rings. The third kappa shape index (κ3) is 4.40. The van der Waals surface area contributed by atoms with Crippen LogP contribution in [-0.2, 0) is 4.79 Å². The van der Waals surface area contributed by atoms with Crippen molar-refractivity contribution in [3.8, 4) is 5.69 Å². The summed E-state index contributed by atoms with van der Waals surface area (Å²) in [6.45, 7) is 1.75. The molecule has 0 fully saturated rings. The summed E-state index contributed by atoms with van der Waals surface area (Å²) in [5.41, 5.74) is 11.0. The van der Waals surface area contributed by atoms with Crippen molar-refractivity contribution in [2.24, 2.45) is 11.5 Å². The number of nitrogens with one attached hydrogen (secondary N) is 3. The Labute approximate surface area is 165 Å². The number of aromatic nitrogens is 4. The molecule has 11 nitrogen and oxygen atoms in total. The lowest BCUT2D eigenvalue weighted by Crippen LogP contribution is -2.36. The van der Waals surface area contributed by atoms with Gasteiger partial charge in [-0.2, -0.15) is 10.1 Å². The van der Waals surface area contributed by atoms with Gasteiger partial charge in [-0.3, -0.25) is 19.4 Å². The molecule has 0 aliphatic heterocycles. The fourth-order valence-corrected chi connectivity index (χ4v) is 2.66. The Bertz CT molecular complexity index is 1070. The maximum atomic E-state index is 12.3. The molecule has 0 aliphatic rings. The number of primary amides is 2. The molecule has 1 unspecified atom stereocenters. The van der Waals surface area contributed by atoms with Crippen molar-refractivity contribution >= 4 is 29.3 Å². The van der Waals surface area contributed by atoms with E-state index in [2.05, 4.69) is 25.7 Å². The topological polar surface area (TPSA) is 174 Å². The van der Waals surface area contributed by atoms with Crippen LogP contribution in [0.15, 0.2) is 47.5 Å². The lowest BCUT2D eigenvalue weighted by molar-refractivity contribution is -0.118. The summed E-state index contributed by atoms with van der Waals surface area (Å²) < 4.78 is 1.68. The van der Waals surface area contributed by atoms with E-state index >= 15 is 0 Å². The third-order valence-corrected chi connectivity index (χ3v) is 4.13. The summed E-state index contributed by atoms with van der Waals surface area (Å²) in [5, 5.41) is 9.80. The van der Waals surface area contributed by atoms with Gasteiger partial charge in [0, 0.05) is 18.1 Å². The molecule has 3 rings (SSSR count). The minimum atomic E-state index is -0.942. The van der Waals surface area contributed by atoms with E-state index in [0.29, 0.717) is 12.1 Å². The van der Waals surface area contributed by atoms with Gasteiger partial charge < -0.3 is 22.1 Å². The Hall–Kier alpha value is -4.15. The van der Waals surface area contributed by atoms with E-state index in [-0.39, 0.29) is 17.3 Å². The Morgan fingerprint density at radius 3 is 2.52 bits per heavy atom. The number of carbonyl (C=O) groups is 2. The highest BCUT2D eigenvalue weighted by atomic mass is 16.2. The summed E-state index contributed by atoms with van der Waals surface area (Å²) in [6.07, 6.45) is 3.84. The first kappa shape index (κ1) is 19.6. The lowest BCUT2D eigenvalue weighted by Gasteiger charge is -2.16. The van der Waals surface area contributed by atoms with E-state index in [9.17, 15) is 14.4 Å². The van der Waals surface area contributed by atoms with Crippen molar-refractivity contribution in [3.05, 3.63) is 58.6 Å². The maximum absolute atomic E-state index is 12.3. The van der Waals surface area contributed by atoms with Gasteiger partial charge in [0.1, 0.15) is 11.6 Å². The predicted octanol–water partition coefficient (Wildman–Crippen LogP) is 0.474. The van der Waals surface area contributed by atoms with E-state index in [4.69, 9.17) is 11.5 Å². The molecular formula is C18H20N8O3. The van der Waals surface area contributed by atoms with Crippen molar-refractivity contribution in [1.82, 2.24) is 19.7 Å². The Morgan fingerprint density at radius 1 is 1.24 bits per heavy atom. The standard InChI is InChI=1S/C18H20N8O3/c1-2-12(14(19)27)23-18-24-16(13(15(20)28)17(29)25-18)22-10-4-6-11(7-5-10)26-9-3-8-21-26/h3-9,12H,2H2,1H3,(H2,19,27)(H2,20,28)(H3,22,23,24,25,29). The number of rotatable bonds is 8. The molecule has 2 heterocycles. The summed E-state index contributed by atoms with van der Waals surface area (Å²) in [5.74, 6) is -1.60. The van der Waals surface area contributed by atoms with Gasteiger partial charge in [-0.15, -0.1) is 0 Å². The Morgan fingerprint density at radius 2 is 1.97 bits per heavy atom. The van der Waals surface area contributed by atoms with Gasteiger partial charge in [-0.1, -0.05) is 6.92 Å². The Kier molecular flexibility index (Phi) is 5.58. The van der Waals surface area contributed by atoms with Crippen LogP contribution in [0.2, 0.25) is 0 Å². The van der Waals surface area contributed by atoms with Gasteiger partial charge in [-0.25, -0.2) is 4.68 Å². The maximum Gasteiger partial charge on any atom is 0.267 e. The highest BCUT2D eigenvalue weighted by Crippen LogP contribution is 2.19. The number of nitrogens with two attached hydrogens (primary N) is 2. The number of anilines is 3. The minimum Gasteiger partial charge on any atom is -0.368 e. The van der Waals surface area contributed by atoms with E-state index in [0.717, 1.165) is 5.69 Å². The molecule has 1 aromatic carbocycles. The fourth-order valence-electron chi connectivity index (χ4n) is 2.66. The lowest BCUT2D eigenvalue weighted by atomic mass is 10.2. The molecule has 2 aromatic heterocycles. The molecule has 0 radical (unpaired) electrons. The van der Waals surface area contributed by atoms with Gasteiger partial charge in [0.05, 0.1) is 5.69 Å². The third-order valence-electron chi connectivity index (χ3n) is 4.13. The number of benzene rings is 1. The summed E-state index contributed by atoms with van der Waals surface area (Å²) in [4.78, 5) is 42.1. The smallest absolute Gasteiger partial charge is 0.267 e. The molecule has 0 bridgehead atoms. The normalized spacial score (nSPS) is 11.6. The summed E-state index contributed by atoms with van der Waals surface area (Å²) in [7, 11) is 0. The second kappa shape index (κ2) is 8.25. The van der Waals surface area contributed by atoms with E-state index < -0.39 is 23.4 Å². The zero-order valence-electron chi connectivity index (χ0n) is 15.5. The quantitative estimate of drug-likeness (QED) is 0.368. The van der Waals surface area contributed by atoms with Crippen molar-refractivity contribution in [2.75, 3.05) is 10.6 Å². The zero-order chi connectivity index (χ0) is 21.0. The number of amides is 2. The van der Waals surface area contributed by atoms with E-state index in [1.54, 1.807) is 54.3 Å². The molecule has 0 spiro atoms. The van der Waals surface area contributed by atoms with Crippen LogP contribution in [0.1, 0.15) is 23.7 Å². The molecule has 0 saturated heterocycles. The van der Waals surface area contributed by atoms with Gasteiger partial charge in [0.15, 0.2) is 5.82 Å². The van der Waals surface area contributed by atoms with Crippen LogP contribution < -0.4 is 27.7 Å². The van der Waals surface area contributed by atoms with Crippen molar-refractivity contribution in [2.45, 2.75) is 19.4 Å². The predicted molar refractivity (Wildman–Crippen MR) is 107 cm³/mol. The van der Waals surface area contributed by atoms with Crippen molar-refractivity contribution in [3.63, 3.8) is 0 Å². The number of hydrogen-bond acceptors (Lipinski definition) is 7. The number of carbonyl (C=O) groups excluding carboxylic acids is 2. The second-order valence-corrected chi connectivity index (χ2v) is 6.13. The van der Waals surface area contributed by atoms with Crippen LogP contribution in [0.5, 0.6) is 0 Å². The van der Waals surface area contributed by atoms with Crippen LogP contribution in [0, 0.1) is 0 Å². The van der Waals surface area contributed by atoms with Crippen molar-refractivity contribution in [1.29, 1.82) is 0 Å². The molecule has 2 amide bonds. The first-order valence-electron chi connectivity index (χ1n) is 8.76. The van der Waals surface area contributed by atoms with Gasteiger partial charge in [0.25, 0.3) is 11.5 Å². The van der Waals surface area contributed by atoms with E-state index in [1.165, 1.54) is 0 Å². The fraction of sp³-hybridized carbons (Fsp3) is 0.167. The van der Waals surface area contributed by atoms with Crippen LogP contribution in [-0.4, -0.2) is 37.6 Å². The molecule has 150 valence electrons. The molecular weight excluding hydrogens is 376 g/mol. The van der Waals surface area contributed by atoms with Gasteiger partial charge in [0.2, 0.25) is 11.9 Å². The Balaban J connectivity index is 1.93. The SMILES string of the molecule is CCC(Nc1nc(Nc2ccc(-n3cccn3)cc2)c(C(N)=O)c(=O)[nH]1)C(N)=O. The number of nitrogens with zero attached hydrogens (tertiary/aromatic N) is 3. The number of hydrogen-bond donors (Lipinski definition) is 5. The molecule has 11 heteroatoms. The number of aromatic amines is 1. The van der Waals surface area contributed by atoms with Crippen LogP contribution in [0.3, 0.4) is 0 Å². The van der Waals surface area contributed by atoms with E-state index in [1.807, 2.05) is 0 Å².